The third-order valence-electron chi connectivity index (χ3n) is 4.77. The minimum absolute atomic E-state index is 0.0249. The molecule has 2 atom stereocenters. The SMILES string of the molecule is CC(=O)N1CCOC[C@H]1C(=O)N[C@H]1CCCCc2ccccc21. The van der Waals surface area contributed by atoms with Crippen LogP contribution in [0.2, 0.25) is 0 Å². The lowest BCUT2D eigenvalue weighted by Gasteiger charge is -2.34. The molecule has 0 spiro atoms. The third kappa shape index (κ3) is 3.55. The van der Waals surface area contributed by atoms with Crippen molar-refractivity contribution >= 4 is 11.8 Å². The molecule has 0 radical (unpaired) electrons. The van der Waals surface area contributed by atoms with E-state index in [4.69, 9.17) is 4.74 Å². The van der Waals surface area contributed by atoms with Gasteiger partial charge in [0.25, 0.3) is 0 Å². The number of amides is 2. The largest absolute Gasteiger partial charge is 0.377 e. The van der Waals surface area contributed by atoms with Crippen molar-refractivity contribution in [2.45, 2.75) is 44.7 Å². The van der Waals surface area contributed by atoms with Gasteiger partial charge in [-0.15, -0.1) is 0 Å². The number of hydrogen-bond acceptors (Lipinski definition) is 3. The van der Waals surface area contributed by atoms with E-state index in [1.807, 2.05) is 6.07 Å². The van der Waals surface area contributed by atoms with Crippen LogP contribution in [0.4, 0.5) is 0 Å². The predicted molar refractivity (Wildman–Crippen MR) is 86.9 cm³/mol. The van der Waals surface area contributed by atoms with Gasteiger partial charge in [0.2, 0.25) is 11.8 Å². The molecule has 3 rings (SSSR count). The topological polar surface area (TPSA) is 58.6 Å². The Hall–Kier alpha value is -1.88. The molecule has 1 saturated heterocycles. The summed E-state index contributed by atoms with van der Waals surface area (Å²) < 4.78 is 5.41. The molecular formula is C18H24N2O3. The number of nitrogens with one attached hydrogen (secondary N) is 1. The molecule has 1 aliphatic heterocycles. The Morgan fingerprint density at radius 3 is 2.91 bits per heavy atom. The van der Waals surface area contributed by atoms with Crippen LogP contribution in [0.3, 0.4) is 0 Å². The number of carbonyl (C=O) groups excluding carboxylic acids is 2. The van der Waals surface area contributed by atoms with E-state index in [-0.39, 0.29) is 24.5 Å². The number of ether oxygens (including phenoxy) is 1. The van der Waals surface area contributed by atoms with Gasteiger partial charge in [-0.25, -0.2) is 0 Å². The lowest BCUT2D eigenvalue weighted by molar-refractivity contribution is -0.147. The molecule has 23 heavy (non-hydrogen) atoms. The van der Waals surface area contributed by atoms with Crippen LogP contribution < -0.4 is 5.32 Å². The Balaban J connectivity index is 1.75. The molecule has 1 fully saturated rings. The summed E-state index contributed by atoms with van der Waals surface area (Å²) in [5.74, 6) is -0.184. The molecule has 1 aromatic rings. The lowest BCUT2D eigenvalue weighted by atomic mass is 9.98. The molecule has 5 heteroatoms. The summed E-state index contributed by atoms with van der Waals surface area (Å²) in [5.41, 5.74) is 2.53. The number of benzene rings is 1. The first kappa shape index (κ1) is 16.0. The fourth-order valence-electron chi connectivity index (χ4n) is 3.54. The summed E-state index contributed by atoms with van der Waals surface area (Å²) in [4.78, 5) is 26.1. The summed E-state index contributed by atoms with van der Waals surface area (Å²) in [7, 11) is 0. The van der Waals surface area contributed by atoms with Crippen molar-refractivity contribution in [3.05, 3.63) is 35.4 Å². The van der Waals surface area contributed by atoms with Crippen LogP contribution in [-0.2, 0) is 20.7 Å². The van der Waals surface area contributed by atoms with E-state index in [0.29, 0.717) is 13.2 Å². The Morgan fingerprint density at radius 2 is 2.09 bits per heavy atom. The predicted octanol–water partition coefficient (Wildman–Crippen LogP) is 1.82. The van der Waals surface area contributed by atoms with Gasteiger partial charge in [-0.05, 0) is 30.4 Å². The molecule has 0 aromatic heterocycles. The highest BCUT2D eigenvalue weighted by molar-refractivity contribution is 5.87. The van der Waals surface area contributed by atoms with Crippen molar-refractivity contribution in [2.24, 2.45) is 0 Å². The molecule has 1 aromatic carbocycles. The Kier molecular flexibility index (Phi) is 4.96. The van der Waals surface area contributed by atoms with E-state index in [9.17, 15) is 9.59 Å². The Bertz CT molecular complexity index is 587. The third-order valence-corrected chi connectivity index (χ3v) is 4.77. The zero-order valence-electron chi connectivity index (χ0n) is 13.6. The van der Waals surface area contributed by atoms with Crippen molar-refractivity contribution in [1.29, 1.82) is 0 Å². The molecule has 124 valence electrons. The zero-order valence-corrected chi connectivity index (χ0v) is 13.6. The average Bonchev–Trinajstić information content (AvgIpc) is 2.77. The number of nitrogens with zero attached hydrogens (tertiary/aromatic N) is 1. The van der Waals surface area contributed by atoms with Crippen molar-refractivity contribution < 1.29 is 14.3 Å². The minimum atomic E-state index is -0.517. The van der Waals surface area contributed by atoms with Gasteiger partial charge in [0.15, 0.2) is 0 Å². The van der Waals surface area contributed by atoms with E-state index < -0.39 is 6.04 Å². The van der Waals surface area contributed by atoms with Crippen molar-refractivity contribution in [3.63, 3.8) is 0 Å². The highest BCUT2D eigenvalue weighted by Crippen LogP contribution is 2.28. The minimum Gasteiger partial charge on any atom is -0.377 e. The summed E-state index contributed by atoms with van der Waals surface area (Å²) in [6.45, 7) is 2.76. The number of fused-ring (bicyclic) bond motifs is 1. The second-order valence-electron chi connectivity index (χ2n) is 6.31. The van der Waals surface area contributed by atoms with Crippen LogP contribution in [0.1, 0.15) is 43.4 Å². The van der Waals surface area contributed by atoms with Crippen LogP contribution >= 0.6 is 0 Å². The summed E-state index contributed by atoms with van der Waals surface area (Å²) in [6.07, 6.45) is 4.25. The molecule has 1 aliphatic carbocycles. The number of rotatable bonds is 2. The first-order chi connectivity index (χ1) is 11.2. The number of morpholine rings is 1. The van der Waals surface area contributed by atoms with E-state index in [1.54, 1.807) is 4.90 Å². The average molecular weight is 316 g/mol. The smallest absolute Gasteiger partial charge is 0.245 e. The quantitative estimate of drug-likeness (QED) is 0.847. The maximum Gasteiger partial charge on any atom is 0.245 e. The first-order valence-electron chi connectivity index (χ1n) is 8.40. The molecular weight excluding hydrogens is 292 g/mol. The van der Waals surface area contributed by atoms with Crippen LogP contribution in [0.5, 0.6) is 0 Å². The fourth-order valence-corrected chi connectivity index (χ4v) is 3.54. The molecule has 0 unspecified atom stereocenters. The summed E-state index contributed by atoms with van der Waals surface area (Å²) in [5, 5.41) is 3.16. The molecule has 0 saturated carbocycles. The van der Waals surface area contributed by atoms with Gasteiger partial charge in [0.05, 0.1) is 19.3 Å². The molecule has 1 N–H and O–H groups in total. The number of hydrogen-bond donors (Lipinski definition) is 1. The van der Waals surface area contributed by atoms with Crippen LogP contribution in [0, 0.1) is 0 Å². The van der Waals surface area contributed by atoms with Crippen molar-refractivity contribution in [1.82, 2.24) is 10.2 Å². The first-order valence-corrected chi connectivity index (χ1v) is 8.40. The van der Waals surface area contributed by atoms with Gasteiger partial charge in [-0.3, -0.25) is 9.59 Å². The van der Waals surface area contributed by atoms with Gasteiger partial charge < -0.3 is 15.0 Å². The van der Waals surface area contributed by atoms with Gasteiger partial charge in [0.1, 0.15) is 6.04 Å². The lowest BCUT2D eigenvalue weighted by Crippen LogP contribution is -2.55. The van der Waals surface area contributed by atoms with Crippen LogP contribution in [-0.4, -0.2) is 42.5 Å². The second kappa shape index (κ2) is 7.13. The van der Waals surface area contributed by atoms with E-state index >= 15 is 0 Å². The van der Waals surface area contributed by atoms with Gasteiger partial charge in [-0.2, -0.15) is 0 Å². The molecule has 5 nitrogen and oxygen atoms in total. The van der Waals surface area contributed by atoms with Gasteiger partial charge >= 0.3 is 0 Å². The maximum absolute atomic E-state index is 12.7. The summed E-state index contributed by atoms with van der Waals surface area (Å²) >= 11 is 0. The molecule has 1 heterocycles. The van der Waals surface area contributed by atoms with Crippen LogP contribution in [0.15, 0.2) is 24.3 Å². The highest BCUT2D eigenvalue weighted by Gasteiger charge is 2.32. The maximum atomic E-state index is 12.7. The standard InChI is InChI=1S/C18H24N2O3/c1-13(21)20-10-11-23-12-17(20)18(22)19-16-9-5-3-7-14-6-2-4-8-15(14)16/h2,4,6,8,16-17H,3,5,7,9-12H2,1H3,(H,19,22)/t16-,17-/m0/s1. The van der Waals surface area contributed by atoms with Crippen molar-refractivity contribution in [3.8, 4) is 0 Å². The fraction of sp³-hybridized carbons (Fsp3) is 0.556. The molecule has 2 aliphatic rings. The van der Waals surface area contributed by atoms with Gasteiger partial charge in [0, 0.05) is 13.5 Å². The summed E-state index contributed by atoms with van der Waals surface area (Å²) in [6, 6.07) is 7.83. The Labute approximate surface area is 137 Å². The molecule has 0 bridgehead atoms. The highest BCUT2D eigenvalue weighted by atomic mass is 16.5. The zero-order chi connectivity index (χ0) is 16.2. The van der Waals surface area contributed by atoms with Crippen molar-refractivity contribution in [2.75, 3.05) is 19.8 Å². The van der Waals surface area contributed by atoms with Crippen LogP contribution in [0.25, 0.3) is 0 Å². The molecule has 2 amide bonds. The normalized spacial score (nSPS) is 24.5. The Morgan fingerprint density at radius 1 is 1.26 bits per heavy atom. The monoisotopic (exact) mass is 316 g/mol. The van der Waals surface area contributed by atoms with Gasteiger partial charge in [-0.1, -0.05) is 30.7 Å². The van der Waals surface area contributed by atoms with E-state index in [0.717, 1.165) is 25.7 Å². The second-order valence-corrected chi connectivity index (χ2v) is 6.31. The van der Waals surface area contributed by atoms with E-state index in [2.05, 4.69) is 23.5 Å². The number of carbonyl (C=O) groups is 2. The number of aryl methyl sites for hydroxylation is 1. The van der Waals surface area contributed by atoms with E-state index in [1.165, 1.54) is 18.1 Å².